The van der Waals surface area contributed by atoms with Crippen LogP contribution in [0.5, 0.6) is 0 Å². The molecule has 0 aromatic carbocycles. The zero-order valence-corrected chi connectivity index (χ0v) is 14.4. The topological polar surface area (TPSA) is 89.5 Å². The van der Waals surface area contributed by atoms with Gasteiger partial charge in [-0.15, -0.1) is 0 Å². The van der Waals surface area contributed by atoms with Crippen LogP contribution in [0.2, 0.25) is 0 Å². The van der Waals surface area contributed by atoms with Gasteiger partial charge in [0.1, 0.15) is 11.3 Å². The molecule has 0 saturated heterocycles. The number of dihydropyridines is 1. The minimum atomic E-state index is -1.22. The zero-order valence-electron chi connectivity index (χ0n) is 14.4. The Bertz CT molecular complexity index is 740. The first kappa shape index (κ1) is 18.6. The van der Waals surface area contributed by atoms with E-state index in [2.05, 4.69) is 15.6 Å². The Balaban J connectivity index is 2.15. The number of nitrogens with zero attached hydrogens (tertiary/aromatic N) is 1. The van der Waals surface area contributed by atoms with Gasteiger partial charge < -0.3 is 14.8 Å². The predicted octanol–water partition coefficient (Wildman–Crippen LogP) is 2.36. The van der Waals surface area contributed by atoms with Gasteiger partial charge in [-0.2, -0.15) is 4.39 Å². The van der Waals surface area contributed by atoms with Crippen LogP contribution in [-0.2, 0) is 15.2 Å². The second-order valence-corrected chi connectivity index (χ2v) is 6.34. The van der Waals surface area contributed by atoms with Crippen LogP contribution < -0.4 is 10.6 Å². The molecule has 2 rings (SSSR count). The SMILES string of the molecule is COC1(c2ccc(C=O)c(F)n2)C=CC(NC(=O)OC(C)(C)C)=CN1. The molecule has 134 valence electrons. The van der Waals surface area contributed by atoms with Crippen LogP contribution in [0.4, 0.5) is 9.18 Å². The molecule has 1 aromatic heterocycles. The molecule has 0 aliphatic carbocycles. The number of hydrogen-bond donors (Lipinski definition) is 2. The molecule has 8 heteroatoms. The van der Waals surface area contributed by atoms with E-state index in [0.29, 0.717) is 12.0 Å². The second kappa shape index (κ2) is 7.02. The summed E-state index contributed by atoms with van der Waals surface area (Å²) in [7, 11) is 1.42. The number of allylic oxidation sites excluding steroid dienone is 1. The van der Waals surface area contributed by atoms with Crippen LogP contribution in [0.15, 0.2) is 36.2 Å². The summed E-state index contributed by atoms with van der Waals surface area (Å²) in [6, 6.07) is 2.80. The molecule has 1 unspecified atom stereocenters. The van der Waals surface area contributed by atoms with Crippen molar-refractivity contribution in [3.63, 3.8) is 0 Å². The van der Waals surface area contributed by atoms with E-state index in [1.807, 2.05) is 0 Å². The third-order valence-electron chi connectivity index (χ3n) is 3.29. The van der Waals surface area contributed by atoms with Gasteiger partial charge in [0.2, 0.25) is 11.7 Å². The van der Waals surface area contributed by atoms with E-state index in [0.717, 1.165) is 0 Å². The van der Waals surface area contributed by atoms with Gasteiger partial charge in [0.05, 0.1) is 11.3 Å². The van der Waals surface area contributed by atoms with Gasteiger partial charge in [0, 0.05) is 13.3 Å². The van der Waals surface area contributed by atoms with E-state index < -0.39 is 23.4 Å². The van der Waals surface area contributed by atoms with Crippen LogP contribution in [0.1, 0.15) is 36.8 Å². The fourth-order valence-electron chi connectivity index (χ4n) is 2.12. The summed E-state index contributed by atoms with van der Waals surface area (Å²) in [6.45, 7) is 5.28. The molecular formula is C17H20FN3O4. The van der Waals surface area contributed by atoms with Gasteiger partial charge in [-0.3, -0.25) is 10.1 Å². The quantitative estimate of drug-likeness (QED) is 0.641. The van der Waals surface area contributed by atoms with Crippen LogP contribution in [0.25, 0.3) is 0 Å². The lowest BCUT2D eigenvalue weighted by atomic mass is 10.0. The molecule has 0 bridgehead atoms. The molecule has 2 heterocycles. The molecule has 0 saturated carbocycles. The molecule has 0 fully saturated rings. The summed E-state index contributed by atoms with van der Waals surface area (Å²) in [6.07, 6.45) is 4.42. The van der Waals surface area contributed by atoms with Crippen molar-refractivity contribution in [2.75, 3.05) is 7.11 Å². The van der Waals surface area contributed by atoms with Crippen molar-refractivity contribution in [3.8, 4) is 0 Å². The molecule has 2 N–H and O–H groups in total. The summed E-state index contributed by atoms with van der Waals surface area (Å²) in [5.41, 5.74) is -1.32. The lowest BCUT2D eigenvalue weighted by molar-refractivity contribution is 0.00417. The number of carbonyl (C=O) groups excluding carboxylic acids is 2. The first-order chi connectivity index (χ1) is 11.7. The Hall–Kier alpha value is -2.74. The minimum Gasteiger partial charge on any atom is -0.444 e. The number of aldehydes is 1. The van der Waals surface area contributed by atoms with Crippen LogP contribution >= 0.6 is 0 Å². The summed E-state index contributed by atoms with van der Waals surface area (Å²) < 4.78 is 24.4. The number of aromatic nitrogens is 1. The van der Waals surface area contributed by atoms with Gasteiger partial charge in [-0.05, 0) is 45.1 Å². The fourth-order valence-corrected chi connectivity index (χ4v) is 2.12. The molecule has 0 radical (unpaired) electrons. The number of ether oxygens (including phenoxy) is 2. The van der Waals surface area contributed by atoms with Crippen molar-refractivity contribution in [1.82, 2.24) is 15.6 Å². The molecule has 25 heavy (non-hydrogen) atoms. The second-order valence-electron chi connectivity index (χ2n) is 6.34. The minimum absolute atomic E-state index is 0.141. The number of methoxy groups -OCH3 is 1. The first-order valence-corrected chi connectivity index (χ1v) is 7.53. The average Bonchev–Trinajstić information content (AvgIpc) is 2.54. The maximum Gasteiger partial charge on any atom is 0.412 e. The van der Waals surface area contributed by atoms with Gasteiger partial charge in [-0.25, -0.2) is 9.78 Å². The largest absolute Gasteiger partial charge is 0.444 e. The lowest BCUT2D eigenvalue weighted by Crippen LogP contribution is -2.43. The zero-order chi connectivity index (χ0) is 18.7. The Morgan fingerprint density at radius 3 is 2.60 bits per heavy atom. The fraction of sp³-hybridized carbons (Fsp3) is 0.353. The molecule has 1 aromatic rings. The lowest BCUT2D eigenvalue weighted by Gasteiger charge is -2.32. The van der Waals surface area contributed by atoms with E-state index in [-0.39, 0.29) is 11.3 Å². The Morgan fingerprint density at radius 1 is 1.40 bits per heavy atom. The monoisotopic (exact) mass is 349 g/mol. The third-order valence-corrected chi connectivity index (χ3v) is 3.29. The third kappa shape index (κ3) is 4.42. The smallest absolute Gasteiger partial charge is 0.412 e. The number of pyridine rings is 1. The van der Waals surface area contributed by atoms with Crippen molar-refractivity contribution >= 4 is 12.4 Å². The molecular weight excluding hydrogens is 329 g/mol. The Morgan fingerprint density at radius 2 is 2.12 bits per heavy atom. The summed E-state index contributed by atoms with van der Waals surface area (Å²) in [4.78, 5) is 26.3. The number of carbonyl (C=O) groups is 2. The van der Waals surface area contributed by atoms with Crippen molar-refractivity contribution < 1.29 is 23.5 Å². The highest BCUT2D eigenvalue weighted by Gasteiger charge is 2.33. The van der Waals surface area contributed by atoms with E-state index in [1.165, 1.54) is 25.4 Å². The van der Waals surface area contributed by atoms with Crippen molar-refractivity contribution in [2.24, 2.45) is 0 Å². The van der Waals surface area contributed by atoms with Crippen molar-refractivity contribution in [2.45, 2.75) is 32.1 Å². The van der Waals surface area contributed by atoms with Crippen molar-refractivity contribution in [1.29, 1.82) is 0 Å². The number of amides is 1. The van der Waals surface area contributed by atoms with Crippen LogP contribution in [0, 0.1) is 5.95 Å². The Kier molecular flexibility index (Phi) is 5.22. The maximum absolute atomic E-state index is 13.8. The number of nitrogens with one attached hydrogen (secondary N) is 2. The predicted molar refractivity (Wildman–Crippen MR) is 88.0 cm³/mol. The van der Waals surface area contributed by atoms with E-state index in [4.69, 9.17) is 9.47 Å². The number of hydrogen-bond acceptors (Lipinski definition) is 6. The number of alkyl carbamates (subject to hydrolysis) is 1. The average molecular weight is 349 g/mol. The normalized spacial score (nSPS) is 19.6. The number of rotatable bonds is 4. The van der Waals surface area contributed by atoms with E-state index in [1.54, 1.807) is 32.9 Å². The van der Waals surface area contributed by atoms with Gasteiger partial charge >= 0.3 is 6.09 Å². The highest BCUT2D eigenvalue weighted by molar-refractivity contribution is 5.74. The summed E-state index contributed by atoms with van der Waals surface area (Å²) in [5.74, 6) is -0.888. The summed E-state index contributed by atoms with van der Waals surface area (Å²) >= 11 is 0. The van der Waals surface area contributed by atoms with Gasteiger partial charge in [0.15, 0.2) is 6.29 Å². The molecule has 1 aliphatic rings. The van der Waals surface area contributed by atoms with Gasteiger partial charge in [0.25, 0.3) is 0 Å². The van der Waals surface area contributed by atoms with E-state index >= 15 is 0 Å². The van der Waals surface area contributed by atoms with Crippen LogP contribution in [-0.4, -0.2) is 30.1 Å². The molecule has 1 aliphatic heterocycles. The molecule has 0 spiro atoms. The standard InChI is InChI=1S/C17H20FN3O4/c1-16(2,3)25-15(23)20-12-7-8-17(24-4,19-9-12)13-6-5-11(10-22)14(18)21-13/h5-10,19H,1-4H3,(H,20,23). The highest BCUT2D eigenvalue weighted by Crippen LogP contribution is 2.26. The molecule has 1 atom stereocenters. The number of halogens is 1. The molecule has 1 amide bonds. The maximum atomic E-state index is 13.8. The van der Waals surface area contributed by atoms with Crippen molar-refractivity contribution in [3.05, 3.63) is 53.4 Å². The first-order valence-electron chi connectivity index (χ1n) is 7.53. The summed E-state index contributed by atoms with van der Waals surface area (Å²) in [5, 5.41) is 5.50. The highest BCUT2D eigenvalue weighted by atomic mass is 19.1. The van der Waals surface area contributed by atoms with Gasteiger partial charge in [-0.1, -0.05) is 0 Å². The van der Waals surface area contributed by atoms with E-state index in [9.17, 15) is 14.0 Å². The van der Waals surface area contributed by atoms with Crippen LogP contribution in [0.3, 0.4) is 0 Å². The Labute approximate surface area is 144 Å². The molecule has 7 nitrogen and oxygen atoms in total.